The van der Waals surface area contributed by atoms with Crippen molar-refractivity contribution in [1.29, 1.82) is 0 Å². The van der Waals surface area contributed by atoms with Gasteiger partial charge in [0.15, 0.2) is 4.34 Å². The molecule has 0 spiro atoms. The maximum Gasteiger partial charge on any atom is 0.155 e. The van der Waals surface area contributed by atoms with E-state index in [9.17, 15) is 0 Å². The van der Waals surface area contributed by atoms with Crippen molar-refractivity contribution in [3.63, 3.8) is 0 Å². The van der Waals surface area contributed by atoms with E-state index in [1.165, 1.54) is 10.5 Å². The van der Waals surface area contributed by atoms with Gasteiger partial charge >= 0.3 is 0 Å². The second-order valence-corrected chi connectivity index (χ2v) is 6.39. The van der Waals surface area contributed by atoms with Crippen LogP contribution in [0.3, 0.4) is 0 Å². The van der Waals surface area contributed by atoms with Crippen molar-refractivity contribution in [2.24, 2.45) is 0 Å². The van der Waals surface area contributed by atoms with Gasteiger partial charge in [-0.25, -0.2) is 4.98 Å². The van der Waals surface area contributed by atoms with Gasteiger partial charge < -0.3 is 5.73 Å². The lowest BCUT2D eigenvalue weighted by Gasteiger charge is -2.00. The van der Waals surface area contributed by atoms with Crippen LogP contribution >= 0.6 is 23.1 Å². The number of hydrogen-bond acceptors (Lipinski definition) is 4. The lowest BCUT2D eigenvalue weighted by atomic mass is 10.2. The summed E-state index contributed by atoms with van der Waals surface area (Å²) in [5.41, 5.74) is 8.87. The van der Waals surface area contributed by atoms with E-state index in [4.69, 9.17) is 5.73 Å². The minimum atomic E-state index is 0.790. The number of aromatic nitrogens is 1. The van der Waals surface area contributed by atoms with Crippen LogP contribution in [0.4, 0.5) is 5.69 Å². The molecule has 0 atom stereocenters. The number of thiazole rings is 1. The highest BCUT2D eigenvalue weighted by molar-refractivity contribution is 8.01. The van der Waals surface area contributed by atoms with Crippen LogP contribution in [0, 0.1) is 6.92 Å². The molecule has 18 heavy (non-hydrogen) atoms. The van der Waals surface area contributed by atoms with E-state index in [-0.39, 0.29) is 0 Å². The molecule has 1 heterocycles. The van der Waals surface area contributed by atoms with Crippen molar-refractivity contribution in [2.75, 3.05) is 5.73 Å². The Kier molecular flexibility index (Phi) is 2.97. The molecule has 2 nitrogen and oxygen atoms in total. The van der Waals surface area contributed by atoms with Crippen LogP contribution in [0.25, 0.3) is 10.2 Å². The standard InChI is InChI=1S/C14H12N2S2/c1-9-4-2-3-5-12(9)17-14-16-11-7-6-10(15)8-13(11)18-14/h2-8H,15H2,1H3. The maximum absolute atomic E-state index is 5.78. The van der Waals surface area contributed by atoms with Gasteiger partial charge in [-0.15, -0.1) is 11.3 Å². The summed E-state index contributed by atoms with van der Waals surface area (Å²) in [7, 11) is 0. The highest BCUT2D eigenvalue weighted by atomic mass is 32.2. The van der Waals surface area contributed by atoms with E-state index in [1.807, 2.05) is 18.2 Å². The summed E-state index contributed by atoms with van der Waals surface area (Å²) in [6, 6.07) is 14.2. The van der Waals surface area contributed by atoms with Crippen molar-refractivity contribution >= 4 is 39.0 Å². The fourth-order valence-corrected chi connectivity index (χ4v) is 3.89. The number of hydrogen-bond donors (Lipinski definition) is 1. The Morgan fingerprint density at radius 1 is 1.17 bits per heavy atom. The average Bonchev–Trinajstić information content (AvgIpc) is 2.73. The largest absolute Gasteiger partial charge is 0.399 e. The van der Waals surface area contributed by atoms with Gasteiger partial charge in [0.1, 0.15) is 0 Å². The van der Waals surface area contributed by atoms with Crippen LogP contribution in [-0.4, -0.2) is 4.98 Å². The number of anilines is 1. The third-order valence-electron chi connectivity index (χ3n) is 2.68. The van der Waals surface area contributed by atoms with Gasteiger partial charge in [-0.3, -0.25) is 0 Å². The lowest BCUT2D eigenvalue weighted by molar-refractivity contribution is 1.26. The van der Waals surface area contributed by atoms with Crippen molar-refractivity contribution in [3.8, 4) is 0 Å². The minimum Gasteiger partial charge on any atom is -0.399 e. The number of nitrogen functional groups attached to an aromatic ring is 1. The summed E-state index contributed by atoms with van der Waals surface area (Å²) < 4.78 is 2.20. The molecule has 0 unspecified atom stereocenters. The summed E-state index contributed by atoms with van der Waals surface area (Å²) in [6.07, 6.45) is 0. The second kappa shape index (κ2) is 4.63. The van der Waals surface area contributed by atoms with E-state index < -0.39 is 0 Å². The minimum absolute atomic E-state index is 0.790. The molecule has 90 valence electrons. The summed E-state index contributed by atoms with van der Waals surface area (Å²) in [4.78, 5) is 5.87. The SMILES string of the molecule is Cc1ccccc1Sc1nc2ccc(N)cc2s1. The van der Waals surface area contributed by atoms with Gasteiger partial charge in [0, 0.05) is 10.6 Å². The first-order valence-corrected chi connectivity index (χ1v) is 7.25. The maximum atomic E-state index is 5.78. The number of nitrogens with two attached hydrogens (primary N) is 1. The molecule has 0 aliphatic rings. The van der Waals surface area contributed by atoms with E-state index in [0.29, 0.717) is 0 Å². The highest BCUT2D eigenvalue weighted by Gasteiger charge is 2.07. The third kappa shape index (κ3) is 2.21. The number of fused-ring (bicyclic) bond motifs is 1. The molecule has 0 radical (unpaired) electrons. The van der Waals surface area contributed by atoms with Gasteiger partial charge in [0.05, 0.1) is 10.2 Å². The first-order chi connectivity index (χ1) is 8.72. The molecule has 0 bridgehead atoms. The van der Waals surface area contributed by atoms with Crippen molar-refractivity contribution in [3.05, 3.63) is 48.0 Å². The molecule has 2 aromatic carbocycles. The fraction of sp³-hybridized carbons (Fsp3) is 0.0714. The Balaban J connectivity index is 1.98. The summed E-state index contributed by atoms with van der Waals surface area (Å²) in [5, 5.41) is 0. The molecule has 1 aromatic heterocycles. The van der Waals surface area contributed by atoms with Crippen LogP contribution in [0.5, 0.6) is 0 Å². The molecule has 0 fully saturated rings. The fourth-order valence-electron chi connectivity index (χ4n) is 1.73. The average molecular weight is 272 g/mol. The predicted molar refractivity (Wildman–Crippen MR) is 79.3 cm³/mol. The van der Waals surface area contributed by atoms with E-state index >= 15 is 0 Å². The molecule has 0 saturated heterocycles. The van der Waals surface area contributed by atoms with E-state index in [2.05, 4.69) is 36.2 Å². The van der Waals surface area contributed by atoms with E-state index in [1.54, 1.807) is 23.1 Å². The number of nitrogens with zero attached hydrogens (tertiary/aromatic N) is 1. The zero-order valence-corrected chi connectivity index (χ0v) is 11.5. The van der Waals surface area contributed by atoms with Crippen LogP contribution in [0.1, 0.15) is 5.56 Å². The van der Waals surface area contributed by atoms with Crippen LogP contribution in [0.15, 0.2) is 51.7 Å². The number of benzene rings is 2. The summed E-state index contributed by atoms with van der Waals surface area (Å²) in [6.45, 7) is 2.12. The monoisotopic (exact) mass is 272 g/mol. The Hall–Kier alpha value is -1.52. The van der Waals surface area contributed by atoms with Crippen molar-refractivity contribution in [2.45, 2.75) is 16.2 Å². The number of aryl methyl sites for hydroxylation is 1. The molecule has 0 aliphatic heterocycles. The van der Waals surface area contributed by atoms with Gasteiger partial charge in [-0.05, 0) is 36.8 Å². The third-order valence-corrected chi connectivity index (χ3v) is 4.94. The Bertz CT molecular complexity index is 704. The highest BCUT2D eigenvalue weighted by Crippen LogP contribution is 2.36. The molecule has 0 amide bonds. The van der Waals surface area contributed by atoms with Gasteiger partial charge in [0.25, 0.3) is 0 Å². The normalized spacial score (nSPS) is 10.9. The molecule has 4 heteroatoms. The molecular formula is C14H12N2S2. The first kappa shape index (κ1) is 11.6. The molecular weight excluding hydrogens is 260 g/mol. The van der Waals surface area contributed by atoms with E-state index in [0.717, 1.165) is 20.2 Å². The first-order valence-electron chi connectivity index (χ1n) is 5.62. The van der Waals surface area contributed by atoms with Gasteiger partial charge in [0.2, 0.25) is 0 Å². The van der Waals surface area contributed by atoms with Gasteiger partial charge in [-0.2, -0.15) is 0 Å². The number of rotatable bonds is 2. The molecule has 0 aliphatic carbocycles. The quantitative estimate of drug-likeness (QED) is 0.705. The van der Waals surface area contributed by atoms with Crippen molar-refractivity contribution < 1.29 is 0 Å². The van der Waals surface area contributed by atoms with Gasteiger partial charge in [-0.1, -0.05) is 30.0 Å². The summed E-state index contributed by atoms with van der Waals surface area (Å²) >= 11 is 3.40. The Labute approximate surface area is 114 Å². The topological polar surface area (TPSA) is 38.9 Å². The Morgan fingerprint density at radius 2 is 2.00 bits per heavy atom. The summed E-state index contributed by atoms with van der Waals surface area (Å²) in [5.74, 6) is 0. The second-order valence-electron chi connectivity index (χ2n) is 4.07. The zero-order valence-electron chi connectivity index (χ0n) is 9.88. The lowest BCUT2D eigenvalue weighted by Crippen LogP contribution is -1.81. The predicted octanol–water partition coefficient (Wildman–Crippen LogP) is 4.34. The van der Waals surface area contributed by atoms with Crippen LogP contribution in [-0.2, 0) is 0 Å². The molecule has 3 aromatic rings. The smallest absolute Gasteiger partial charge is 0.155 e. The van der Waals surface area contributed by atoms with Crippen LogP contribution in [0.2, 0.25) is 0 Å². The van der Waals surface area contributed by atoms with Crippen LogP contribution < -0.4 is 5.73 Å². The molecule has 0 saturated carbocycles. The molecule has 3 rings (SSSR count). The zero-order chi connectivity index (χ0) is 12.5. The Morgan fingerprint density at radius 3 is 2.83 bits per heavy atom. The molecule has 2 N–H and O–H groups in total. The van der Waals surface area contributed by atoms with Crippen molar-refractivity contribution in [1.82, 2.24) is 4.98 Å².